The molecule has 0 bridgehead atoms. The summed E-state index contributed by atoms with van der Waals surface area (Å²) in [6.45, 7) is 0.364. The number of anilines is 1. The number of thioether (sulfide) groups is 1. The molecule has 1 heterocycles. The van der Waals surface area contributed by atoms with Crippen LogP contribution in [0, 0.1) is 0 Å². The van der Waals surface area contributed by atoms with Gasteiger partial charge in [-0.1, -0.05) is 41.9 Å². The minimum atomic E-state index is -4.92. The van der Waals surface area contributed by atoms with Gasteiger partial charge in [0, 0.05) is 18.7 Å². The van der Waals surface area contributed by atoms with Gasteiger partial charge in [-0.25, -0.2) is 0 Å². The molecule has 12 heteroatoms. The molecule has 1 atom stereocenters. The third-order valence-corrected chi connectivity index (χ3v) is 6.73. The van der Waals surface area contributed by atoms with Crippen molar-refractivity contribution in [1.29, 1.82) is 0 Å². The Labute approximate surface area is 206 Å². The van der Waals surface area contributed by atoms with Gasteiger partial charge in [-0.15, -0.1) is 11.8 Å². The van der Waals surface area contributed by atoms with Crippen LogP contribution >= 0.6 is 23.4 Å². The second-order valence-corrected chi connectivity index (χ2v) is 9.37. The van der Waals surface area contributed by atoms with E-state index in [1.54, 1.807) is 24.3 Å². The predicted octanol–water partition coefficient (Wildman–Crippen LogP) is 5.97. The fourth-order valence-corrected chi connectivity index (χ4v) is 4.62. The maximum atomic E-state index is 12.8. The van der Waals surface area contributed by atoms with Crippen LogP contribution in [0.25, 0.3) is 0 Å². The number of hydrogen-bond acceptors (Lipinski definition) is 5. The Hall–Kier alpha value is -2.24. The summed E-state index contributed by atoms with van der Waals surface area (Å²) in [5.41, 5.74) is 3.05. The van der Waals surface area contributed by atoms with Gasteiger partial charge in [0.05, 0.1) is 28.3 Å². The van der Waals surface area contributed by atoms with Crippen LogP contribution in [0.2, 0.25) is 5.02 Å². The molecule has 0 aliphatic carbocycles. The molecule has 0 saturated heterocycles. The van der Waals surface area contributed by atoms with Gasteiger partial charge in [-0.05, 0) is 35.6 Å². The summed E-state index contributed by atoms with van der Waals surface area (Å²) in [5, 5.41) is 6.22. The van der Waals surface area contributed by atoms with Crippen molar-refractivity contribution >= 4 is 40.6 Å². The van der Waals surface area contributed by atoms with Crippen LogP contribution in [0.4, 0.5) is 32.0 Å². The number of carbonyl (C=O) groups is 2. The molecule has 0 aromatic heterocycles. The standard InChI is InChI=1S/C23H21ClF6N2O2S/c24-17-7-5-15-10-31-18(21(34)23(28,29)30)8-6-16(15)20(17)32-9-13-1-3-14(4-2-13)19(33)11-35-12-22(25,26)27/h1-5,7,18,31-32H,6,8-12H2. The van der Waals surface area contributed by atoms with Crippen molar-refractivity contribution in [3.63, 3.8) is 0 Å². The average molecular weight is 539 g/mol. The van der Waals surface area contributed by atoms with E-state index in [4.69, 9.17) is 11.6 Å². The zero-order chi connectivity index (χ0) is 25.8. The normalized spacial score (nSPS) is 16.4. The van der Waals surface area contributed by atoms with Crippen molar-refractivity contribution in [1.82, 2.24) is 5.32 Å². The smallest absolute Gasteiger partial charge is 0.380 e. The monoisotopic (exact) mass is 538 g/mol. The molecular weight excluding hydrogens is 518 g/mol. The number of hydrogen-bond donors (Lipinski definition) is 2. The van der Waals surface area contributed by atoms with Crippen molar-refractivity contribution in [2.75, 3.05) is 16.8 Å². The molecule has 1 unspecified atom stereocenters. The van der Waals surface area contributed by atoms with Crippen molar-refractivity contribution in [3.8, 4) is 0 Å². The number of benzene rings is 2. The van der Waals surface area contributed by atoms with E-state index in [1.807, 2.05) is 0 Å². The minimum absolute atomic E-state index is 0.0382. The fourth-order valence-electron chi connectivity index (χ4n) is 3.69. The number of alkyl halides is 6. The van der Waals surface area contributed by atoms with Gasteiger partial charge in [0.1, 0.15) is 0 Å². The van der Waals surface area contributed by atoms with E-state index >= 15 is 0 Å². The molecule has 0 radical (unpaired) electrons. The third-order valence-electron chi connectivity index (χ3n) is 5.42. The van der Waals surface area contributed by atoms with E-state index in [-0.39, 0.29) is 31.7 Å². The molecule has 4 nitrogen and oxygen atoms in total. The SMILES string of the molecule is O=C(CSCC(F)(F)F)c1ccc(CNc2c(Cl)ccc3c2CCC(C(=O)C(F)(F)F)NC3)cc1. The molecule has 2 aromatic rings. The first-order valence-corrected chi connectivity index (χ1v) is 12.0. The van der Waals surface area contributed by atoms with Gasteiger partial charge >= 0.3 is 12.4 Å². The number of fused-ring (bicyclic) bond motifs is 1. The molecule has 3 rings (SSSR count). The molecule has 2 N–H and O–H groups in total. The second-order valence-electron chi connectivity index (χ2n) is 7.98. The summed E-state index contributed by atoms with van der Waals surface area (Å²) in [6.07, 6.45) is -9.08. The highest BCUT2D eigenvalue weighted by Gasteiger charge is 2.43. The van der Waals surface area contributed by atoms with Crippen molar-refractivity contribution in [2.45, 2.75) is 44.3 Å². The van der Waals surface area contributed by atoms with Gasteiger partial charge in [-0.3, -0.25) is 9.59 Å². The largest absolute Gasteiger partial charge is 0.451 e. The Bertz CT molecular complexity index is 1070. The van der Waals surface area contributed by atoms with E-state index < -0.39 is 35.7 Å². The van der Waals surface area contributed by atoms with Gasteiger partial charge in [0.2, 0.25) is 0 Å². The first-order chi connectivity index (χ1) is 16.3. The number of nitrogens with one attached hydrogen (secondary N) is 2. The summed E-state index contributed by atoms with van der Waals surface area (Å²) in [7, 11) is 0. The molecule has 0 amide bonds. The maximum absolute atomic E-state index is 12.8. The van der Waals surface area contributed by atoms with Crippen LogP contribution in [0.5, 0.6) is 0 Å². The van der Waals surface area contributed by atoms with E-state index in [2.05, 4.69) is 10.6 Å². The molecule has 190 valence electrons. The van der Waals surface area contributed by atoms with Crippen LogP contribution in [0.1, 0.15) is 33.5 Å². The van der Waals surface area contributed by atoms with Crippen molar-refractivity contribution < 1.29 is 35.9 Å². The molecule has 35 heavy (non-hydrogen) atoms. The molecule has 0 spiro atoms. The number of carbonyl (C=O) groups excluding carboxylic acids is 2. The second kappa shape index (κ2) is 11.2. The molecular formula is C23H21ClF6N2O2S. The summed E-state index contributed by atoms with van der Waals surface area (Å²) in [5.74, 6) is -3.60. The van der Waals surface area contributed by atoms with Crippen LogP contribution in [0.15, 0.2) is 36.4 Å². The maximum Gasteiger partial charge on any atom is 0.451 e. The topological polar surface area (TPSA) is 58.2 Å². The van der Waals surface area contributed by atoms with E-state index in [0.717, 1.165) is 16.7 Å². The van der Waals surface area contributed by atoms with Gasteiger partial charge in [0.25, 0.3) is 5.78 Å². The van der Waals surface area contributed by atoms with Gasteiger partial charge < -0.3 is 10.6 Å². The first-order valence-electron chi connectivity index (χ1n) is 10.5. The minimum Gasteiger partial charge on any atom is -0.380 e. The predicted molar refractivity (Wildman–Crippen MR) is 123 cm³/mol. The summed E-state index contributed by atoms with van der Waals surface area (Å²) >= 11 is 6.85. The zero-order valence-electron chi connectivity index (χ0n) is 18.2. The van der Waals surface area contributed by atoms with Gasteiger partial charge in [-0.2, -0.15) is 26.3 Å². The number of ketones is 2. The number of rotatable bonds is 8. The Morgan fingerprint density at radius 3 is 2.37 bits per heavy atom. The summed E-state index contributed by atoms with van der Waals surface area (Å²) in [4.78, 5) is 23.7. The van der Waals surface area contributed by atoms with E-state index in [1.165, 1.54) is 12.1 Å². The Morgan fingerprint density at radius 1 is 1.06 bits per heavy atom. The lowest BCUT2D eigenvalue weighted by atomic mass is 9.99. The highest BCUT2D eigenvalue weighted by Crippen LogP contribution is 2.33. The zero-order valence-corrected chi connectivity index (χ0v) is 19.7. The lowest BCUT2D eigenvalue weighted by molar-refractivity contribution is -0.173. The molecule has 0 saturated carbocycles. The highest BCUT2D eigenvalue weighted by molar-refractivity contribution is 8.00. The Kier molecular flexibility index (Phi) is 8.76. The molecule has 1 aliphatic heterocycles. The van der Waals surface area contributed by atoms with E-state index in [9.17, 15) is 35.9 Å². The quantitative estimate of drug-likeness (QED) is 0.320. The average Bonchev–Trinajstić information content (AvgIpc) is 2.99. The highest BCUT2D eigenvalue weighted by atomic mass is 35.5. The summed E-state index contributed by atoms with van der Waals surface area (Å²) < 4.78 is 75.2. The van der Waals surface area contributed by atoms with Crippen LogP contribution in [-0.2, 0) is 24.3 Å². The first kappa shape index (κ1) is 27.3. The molecule has 0 fully saturated rings. The summed E-state index contributed by atoms with van der Waals surface area (Å²) in [6, 6.07) is 8.35. The molecule has 1 aliphatic rings. The van der Waals surface area contributed by atoms with Crippen LogP contribution < -0.4 is 10.6 Å². The van der Waals surface area contributed by atoms with Gasteiger partial charge in [0.15, 0.2) is 5.78 Å². The van der Waals surface area contributed by atoms with Crippen LogP contribution in [0.3, 0.4) is 0 Å². The lowest BCUT2D eigenvalue weighted by Gasteiger charge is -2.16. The Balaban J connectivity index is 1.64. The number of halogens is 7. The Morgan fingerprint density at radius 2 is 1.74 bits per heavy atom. The number of Topliss-reactive ketones (excluding diaryl/α,β-unsaturated/α-hetero) is 2. The fraction of sp³-hybridized carbons (Fsp3) is 0.391. The lowest BCUT2D eigenvalue weighted by Crippen LogP contribution is -2.43. The molecule has 2 aromatic carbocycles. The van der Waals surface area contributed by atoms with Crippen molar-refractivity contribution in [3.05, 3.63) is 63.7 Å². The van der Waals surface area contributed by atoms with Crippen molar-refractivity contribution in [2.24, 2.45) is 0 Å². The third kappa shape index (κ3) is 7.62. The van der Waals surface area contributed by atoms with E-state index in [0.29, 0.717) is 28.0 Å². The van der Waals surface area contributed by atoms with Crippen LogP contribution in [-0.4, -0.2) is 41.5 Å².